The number of pyridine rings is 1. The number of amides is 2. The SMILES string of the molecule is O=C(c1ccccc1C(F)(F)F)N1CCN(c2cccnc2)C(=O)C1. The summed E-state index contributed by atoms with van der Waals surface area (Å²) in [6.45, 7) is 0.0655. The van der Waals surface area contributed by atoms with Crippen LogP contribution in [0.25, 0.3) is 0 Å². The van der Waals surface area contributed by atoms with E-state index in [-0.39, 0.29) is 25.5 Å². The van der Waals surface area contributed by atoms with Crippen molar-refractivity contribution in [1.82, 2.24) is 9.88 Å². The summed E-state index contributed by atoms with van der Waals surface area (Å²) < 4.78 is 39.2. The molecule has 3 rings (SSSR count). The Balaban J connectivity index is 1.79. The average Bonchev–Trinajstić information content (AvgIpc) is 2.61. The minimum atomic E-state index is -4.63. The third-order valence-electron chi connectivity index (χ3n) is 3.93. The number of nitrogens with zero attached hydrogens (tertiary/aromatic N) is 3. The molecular weight excluding hydrogens is 335 g/mol. The van der Waals surface area contributed by atoms with Crippen molar-refractivity contribution in [3.05, 3.63) is 59.9 Å². The molecule has 2 heterocycles. The third-order valence-corrected chi connectivity index (χ3v) is 3.93. The molecule has 1 aromatic heterocycles. The van der Waals surface area contributed by atoms with E-state index in [9.17, 15) is 22.8 Å². The minimum absolute atomic E-state index is 0.145. The first kappa shape index (κ1) is 16.9. The van der Waals surface area contributed by atoms with Crippen molar-refractivity contribution in [3.63, 3.8) is 0 Å². The van der Waals surface area contributed by atoms with Crippen molar-refractivity contribution >= 4 is 17.5 Å². The highest BCUT2D eigenvalue weighted by molar-refractivity contribution is 6.02. The molecule has 8 heteroatoms. The molecule has 2 amide bonds. The standard InChI is InChI=1S/C17H14F3N3O2/c18-17(19,20)14-6-2-1-5-13(14)16(25)22-8-9-23(15(24)11-22)12-4-3-7-21-10-12/h1-7,10H,8-9,11H2. The molecular formula is C17H14F3N3O2. The molecule has 0 spiro atoms. The number of carbonyl (C=O) groups is 2. The second-order valence-corrected chi connectivity index (χ2v) is 5.53. The van der Waals surface area contributed by atoms with Crippen LogP contribution in [-0.2, 0) is 11.0 Å². The van der Waals surface area contributed by atoms with Gasteiger partial charge in [0.2, 0.25) is 5.91 Å². The van der Waals surface area contributed by atoms with Gasteiger partial charge in [-0.05, 0) is 24.3 Å². The van der Waals surface area contributed by atoms with E-state index in [1.807, 2.05) is 0 Å². The number of carbonyl (C=O) groups excluding carboxylic acids is 2. The van der Waals surface area contributed by atoms with Gasteiger partial charge in [0.05, 0.1) is 23.0 Å². The maximum Gasteiger partial charge on any atom is 0.417 e. The molecule has 0 unspecified atom stereocenters. The molecule has 5 nitrogen and oxygen atoms in total. The van der Waals surface area contributed by atoms with E-state index < -0.39 is 23.2 Å². The molecule has 0 N–H and O–H groups in total. The molecule has 1 aliphatic rings. The Labute approximate surface area is 141 Å². The number of alkyl halides is 3. The molecule has 0 atom stereocenters. The van der Waals surface area contributed by atoms with Crippen LogP contribution in [0.3, 0.4) is 0 Å². The fourth-order valence-electron chi connectivity index (χ4n) is 2.72. The van der Waals surface area contributed by atoms with Gasteiger partial charge in [-0.25, -0.2) is 0 Å². The lowest BCUT2D eigenvalue weighted by Crippen LogP contribution is -2.52. The number of halogens is 3. The van der Waals surface area contributed by atoms with Crippen LogP contribution >= 0.6 is 0 Å². The van der Waals surface area contributed by atoms with E-state index in [0.717, 1.165) is 17.0 Å². The normalized spacial score (nSPS) is 15.4. The van der Waals surface area contributed by atoms with Crippen molar-refractivity contribution in [2.24, 2.45) is 0 Å². The number of benzene rings is 1. The zero-order valence-corrected chi connectivity index (χ0v) is 13.0. The van der Waals surface area contributed by atoms with Gasteiger partial charge in [0.25, 0.3) is 5.91 Å². The van der Waals surface area contributed by atoms with Gasteiger partial charge in [-0.2, -0.15) is 13.2 Å². The summed E-state index contributed by atoms with van der Waals surface area (Å²) in [7, 11) is 0. The lowest BCUT2D eigenvalue weighted by molar-refractivity contribution is -0.138. The van der Waals surface area contributed by atoms with Crippen LogP contribution in [0.1, 0.15) is 15.9 Å². The van der Waals surface area contributed by atoms with Crippen molar-refractivity contribution in [1.29, 1.82) is 0 Å². The zero-order valence-electron chi connectivity index (χ0n) is 13.0. The summed E-state index contributed by atoms with van der Waals surface area (Å²) in [5.41, 5.74) is -0.852. The van der Waals surface area contributed by atoms with Gasteiger partial charge >= 0.3 is 6.18 Å². The van der Waals surface area contributed by atoms with Crippen LogP contribution in [0.4, 0.5) is 18.9 Å². The maximum atomic E-state index is 13.1. The number of rotatable bonds is 2. The van der Waals surface area contributed by atoms with E-state index in [2.05, 4.69) is 4.98 Å². The van der Waals surface area contributed by atoms with Gasteiger partial charge in [-0.3, -0.25) is 14.6 Å². The van der Waals surface area contributed by atoms with E-state index in [4.69, 9.17) is 0 Å². The van der Waals surface area contributed by atoms with Crippen LogP contribution in [-0.4, -0.2) is 41.3 Å². The van der Waals surface area contributed by atoms with Gasteiger partial charge in [0.1, 0.15) is 6.54 Å². The van der Waals surface area contributed by atoms with Crippen LogP contribution in [0.15, 0.2) is 48.8 Å². The second-order valence-electron chi connectivity index (χ2n) is 5.53. The Morgan fingerprint density at radius 1 is 1.08 bits per heavy atom. The van der Waals surface area contributed by atoms with Crippen LogP contribution < -0.4 is 4.90 Å². The van der Waals surface area contributed by atoms with Crippen molar-refractivity contribution in [2.45, 2.75) is 6.18 Å². The minimum Gasteiger partial charge on any atom is -0.328 e. The lowest BCUT2D eigenvalue weighted by Gasteiger charge is -2.34. The monoisotopic (exact) mass is 349 g/mol. The van der Waals surface area contributed by atoms with Crippen molar-refractivity contribution in [2.75, 3.05) is 24.5 Å². The average molecular weight is 349 g/mol. The topological polar surface area (TPSA) is 53.5 Å². The summed E-state index contributed by atoms with van der Waals surface area (Å²) >= 11 is 0. The fourth-order valence-corrected chi connectivity index (χ4v) is 2.72. The Kier molecular flexibility index (Phi) is 4.43. The predicted molar refractivity (Wildman–Crippen MR) is 83.9 cm³/mol. The maximum absolute atomic E-state index is 13.1. The lowest BCUT2D eigenvalue weighted by atomic mass is 10.1. The Hall–Kier alpha value is -2.90. The second kappa shape index (κ2) is 6.54. The number of piperazine rings is 1. The molecule has 1 fully saturated rings. The molecule has 25 heavy (non-hydrogen) atoms. The van der Waals surface area contributed by atoms with Crippen LogP contribution in [0, 0.1) is 0 Å². The van der Waals surface area contributed by atoms with E-state index in [1.165, 1.54) is 23.2 Å². The van der Waals surface area contributed by atoms with E-state index in [0.29, 0.717) is 5.69 Å². The Bertz CT molecular complexity index is 793. The van der Waals surface area contributed by atoms with Gasteiger partial charge in [0.15, 0.2) is 0 Å². The summed E-state index contributed by atoms with van der Waals surface area (Å²) in [4.78, 5) is 31.3. The van der Waals surface area contributed by atoms with Crippen molar-refractivity contribution < 1.29 is 22.8 Å². The molecule has 0 bridgehead atoms. The highest BCUT2D eigenvalue weighted by Gasteiger charge is 2.37. The highest BCUT2D eigenvalue weighted by Crippen LogP contribution is 2.32. The quantitative estimate of drug-likeness (QED) is 0.837. The smallest absolute Gasteiger partial charge is 0.328 e. The van der Waals surface area contributed by atoms with Gasteiger partial charge < -0.3 is 9.80 Å². The summed E-state index contributed by atoms with van der Waals surface area (Å²) in [6.07, 6.45) is -1.54. The first-order valence-corrected chi connectivity index (χ1v) is 7.54. The molecule has 0 saturated carbocycles. The fraction of sp³-hybridized carbons (Fsp3) is 0.235. The summed E-state index contributed by atoms with van der Waals surface area (Å²) in [5.74, 6) is -1.16. The van der Waals surface area contributed by atoms with E-state index in [1.54, 1.807) is 18.3 Å². The van der Waals surface area contributed by atoms with Crippen LogP contribution in [0.2, 0.25) is 0 Å². The van der Waals surface area contributed by atoms with Gasteiger partial charge in [-0.1, -0.05) is 12.1 Å². The van der Waals surface area contributed by atoms with Crippen molar-refractivity contribution in [3.8, 4) is 0 Å². The molecule has 1 aliphatic heterocycles. The zero-order chi connectivity index (χ0) is 18.0. The largest absolute Gasteiger partial charge is 0.417 e. The third kappa shape index (κ3) is 3.47. The first-order chi connectivity index (χ1) is 11.9. The van der Waals surface area contributed by atoms with Gasteiger partial charge in [0, 0.05) is 19.3 Å². The molecule has 0 aliphatic carbocycles. The number of aromatic nitrogens is 1. The molecule has 130 valence electrons. The predicted octanol–water partition coefficient (Wildman–Crippen LogP) is 2.59. The molecule has 2 aromatic rings. The number of hydrogen-bond acceptors (Lipinski definition) is 3. The summed E-state index contributed by atoms with van der Waals surface area (Å²) in [6, 6.07) is 7.98. The number of anilines is 1. The highest BCUT2D eigenvalue weighted by atomic mass is 19.4. The molecule has 1 saturated heterocycles. The molecule has 0 radical (unpaired) electrons. The first-order valence-electron chi connectivity index (χ1n) is 7.54. The Morgan fingerprint density at radius 3 is 2.48 bits per heavy atom. The number of hydrogen-bond donors (Lipinski definition) is 0. The summed E-state index contributed by atoms with van der Waals surface area (Å²) in [5, 5.41) is 0. The van der Waals surface area contributed by atoms with E-state index >= 15 is 0 Å². The Morgan fingerprint density at radius 2 is 1.84 bits per heavy atom. The van der Waals surface area contributed by atoms with Gasteiger partial charge in [-0.15, -0.1) is 0 Å². The molecule has 1 aromatic carbocycles. The van der Waals surface area contributed by atoms with Crippen LogP contribution in [0.5, 0.6) is 0 Å².